The SMILES string of the molecule is CC.CCC(C)CCCc1ccccc1.CCCc1ccccc1. The Morgan fingerprint density at radius 1 is 0.708 bits per heavy atom. The van der Waals surface area contributed by atoms with Crippen molar-refractivity contribution in [3.8, 4) is 0 Å². The molecule has 1 atom stereocenters. The van der Waals surface area contributed by atoms with E-state index in [1.807, 2.05) is 13.8 Å². The maximum absolute atomic E-state index is 2.34. The summed E-state index contributed by atoms with van der Waals surface area (Å²) < 4.78 is 0. The highest BCUT2D eigenvalue weighted by Crippen LogP contribution is 2.12. The minimum atomic E-state index is 0.892. The van der Waals surface area contributed by atoms with Gasteiger partial charge in [-0.15, -0.1) is 0 Å². The van der Waals surface area contributed by atoms with Crippen molar-refractivity contribution in [2.24, 2.45) is 5.92 Å². The third-order valence-electron chi connectivity index (χ3n) is 4.08. The van der Waals surface area contributed by atoms with Crippen LogP contribution in [0, 0.1) is 5.92 Å². The fourth-order valence-corrected chi connectivity index (χ4v) is 2.44. The second kappa shape index (κ2) is 16.3. The zero-order chi connectivity index (χ0) is 18.0. The highest BCUT2D eigenvalue weighted by atomic mass is 14.0. The van der Waals surface area contributed by atoms with Gasteiger partial charge < -0.3 is 0 Å². The van der Waals surface area contributed by atoms with Crippen LogP contribution in [0.5, 0.6) is 0 Å². The zero-order valence-electron chi connectivity index (χ0n) is 16.6. The number of aryl methyl sites for hydroxylation is 2. The highest BCUT2D eigenvalue weighted by molar-refractivity contribution is 5.15. The number of hydrogen-bond acceptors (Lipinski definition) is 0. The van der Waals surface area contributed by atoms with E-state index in [0.717, 1.165) is 5.92 Å². The number of benzene rings is 2. The van der Waals surface area contributed by atoms with Gasteiger partial charge in [-0.2, -0.15) is 0 Å². The van der Waals surface area contributed by atoms with E-state index in [2.05, 4.69) is 81.4 Å². The summed E-state index contributed by atoms with van der Waals surface area (Å²) in [6.07, 6.45) is 7.70. The predicted molar refractivity (Wildman–Crippen MR) is 111 cm³/mol. The maximum Gasteiger partial charge on any atom is -0.0279 e. The molecule has 0 aliphatic heterocycles. The molecule has 0 spiro atoms. The molecule has 2 rings (SSSR count). The Labute approximate surface area is 151 Å². The Morgan fingerprint density at radius 3 is 1.58 bits per heavy atom. The summed E-state index contributed by atoms with van der Waals surface area (Å²) in [4.78, 5) is 0. The van der Waals surface area contributed by atoms with E-state index in [1.165, 1.54) is 49.7 Å². The van der Waals surface area contributed by atoms with Crippen LogP contribution in [0.2, 0.25) is 0 Å². The van der Waals surface area contributed by atoms with Crippen LogP contribution in [0.1, 0.15) is 71.4 Å². The Balaban J connectivity index is 0.000000420. The van der Waals surface area contributed by atoms with E-state index in [-0.39, 0.29) is 0 Å². The summed E-state index contributed by atoms with van der Waals surface area (Å²) in [5.41, 5.74) is 2.92. The monoisotopic (exact) mass is 326 g/mol. The molecule has 0 aromatic heterocycles. The minimum absolute atomic E-state index is 0.892. The molecule has 134 valence electrons. The van der Waals surface area contributed by atoms with E-state index in [1.54, 1.807) is 0 Å². The lowest BCUT2D eigenvalue weighted by atomic mass is 9.99. The van der Waals surface area contributed by atoms with Gasteiger partial charge in [-0.3, -0.25) is 0 Å². The van der Waals surface area contributed by atoms with Crippen molar-refractivity contribution in [1.82, 2.24) is 0 Å². The molecule has 0 saturated carbocycles. The molecule has 0 aliphatic carbocycles. The summed E-state index contributed by atoms with van der Waals surface area (Å²) in [7, 11) is 0. The third-order valence-corrected chi connectivity index (χ3v) is 4.08. The van der Waals surface area contributed by atoms with Crippen molar-refractivity contribution in [1.29, 1.82) is 0 Å². The van der Waals surface area contributed by atoms with Crippen molar-refractivity contribution in [3.05, 3.63) is 71.8 Å². The van der Waals surface area contributed by atoms with Crippen LogP contribution in [0.4, 0.5) is 0 Å². The van der Waals surface area contributed by atoms with Crippen molar-refractivity contribution in [2.75, 3.05) is 0 Å². The molecule has 0 aliphatic rings. The van der Waals surface area contributed by atoms with Crippen LogP contribution >= 0.6 is 0 Å². The first-order chi connectivity index (χ1) is 11.8. The Kier molecular flexibility index (Phi) is 15.2. The molecule has 0 fully saturated rings. The van der Waals surface area contributed by atoms with Gasteiger partial charge in [0.2, 0.25) is 0 Å². The van der Waals surface area contributed by atoms with E-state index >= 15 is 0 Å². The smallest absolute Gasteiger partial charge is 0.0279 e. The lowest BCUT2D eigenvalue weighted by Crippen LogP contribution is -1.93. The zero-order valence-corrected chi connectivity index (χ0v) is 16.6. The molecule has 1 unspecified atom stereocenters. The molecule has 0 heteroatoms. The molecule has 0 radical (unpaired) electrons. The topological polar surface area (TPSA) is 0 Å². The van der Waals surface area contributed by atoms with Crippen LogP contribution in [0.3, 0.4) is 0 Å². The van der Waals surface area contributed by atoms with Crippen LogP contribution in [0.15, 0.2) is 60.7 Å². The average molecular weight is 327 g/mol. The number of hydrogen-bond donors (Lipinski definition) is 0. The van der Waals surface area contributed by atoms with E-state index in [0.29, 0.717) is 0 Å². The molecule has 0 saturated heterocycles. The summed E-state index contributed by atoms with van der Waals surface area (Å²) in [6, 6.07) is 21.3. The molecule has 0 N–H and O–H groups in total. The molecule has 24 heavy (non-hydrogen) atoms. The van der Waals surface area contributed by atoms with E-state index < -0.39 is 0 Å². The van der Waals surface area contributed by atoms with Gasteiger partial charge in [0.25, 0.3) is 0 Å². The minimum Gasteiger partial charge on any atom is -0.0683 e. The summed E-state index contributed by atoms with van der Waals surface area (Å²) in [5.74, 6) is 0.892. The van der Waals surface area contributed by atoms with Crippen LogP contribution in [0.25, 0.3) is 0 Å². The summed E-state index contributed by atoms with van der Waals surface area (Å²) in [5, 5.41) is 0. The standard InChI is InChI=1S/C13H20.C9H12.C2H6/c1-3-12(2)8-7-11-13-9-5-4-6-10-13;1-2-6-9-7-4-3-5-8-9;1-2/h4-6,9-10,12H,3,7-8,11H2,1-2H3;3-5,7-8H,2,6H2,1H3;1-2H3. The van der Waals surface area contributed by atoms with Gasteiger partial charge in [0.15, 0.2) is 0 Å². The van der Waals surface area contributed by atoms with E-state index in [4.69, 9.17) is 0 Å². The second-order valence-corrected chi connectivity index (χ2v) is 6.13. The van der Waals surface area contributed by atoms with Crippen LogP contribution in [-0.4, -0.2) is 0 Å². The Hall–Kier alpha value is -1.56. The molecule has 2 aromatic rings. The first kappa shape index (κ1) is 22.4. The largest absolute Gasteiger partial charge is 0.0683 e. The fourth-order valence-electron chi connectivity index (χ4n) is 2.44. The predicted octanol–water partition coefficient (Wildman–Crippen LogP) is 7.72. The fraction of sp³-hybridized carbons (Fsp3) is 0.500. The quantitative estimate of drug-likeness (QED) is 0.488. The number of rotatable bonds is 7. The van der Waals surface area contributed by atoms with Gasteiger partial charge in [-0.05, 0) is 36.3 Å². The molecule has 0 heterocycles. The first-order valence-corrected chi connectivity index (χ1v) is 9.84. The lowest BCUT2D eigenvalue weighted by Gasteiger charge is -2.07. The van der Waals surface area contributed by atoms with Gasteiger partial charge in [0.05, 0.1) is 0 Å². The highest BCUT2D eigenvalue weighted by Gasteiger charge is 1.98. The molecule has 0 bridgehead atoms. The first-order valence-electron chi connectivity index (χ1n) is 9.84. The van der Waals surface area contributed by atoms with Gasteiger partial charge in [0, 0.05) is 0 Å². The molecular weight excluding hydrogens is 288 g/mol. The van der Waals surface area contributed by atoms with Gasteiger partial charge in [0.1, 0.15) is 0 Å². The second-order valence-electron chi connectivity index (χ2n) is 6.13. The third kappa shape index (κ3) is 11.9. The van der Waals surface area contributed by atoms with Crippen molar-refractivity contribution < 1.29 is 0 Å². The van der Waals surface area contributed by atoms with Crippen molar-refractivity contribution >= 4 is 0 Å². The van der Waals surface area contributed by atoms with Gasteiger partial charge in [-0.1, -0.05) is 115 Å². The maximum atomic E-state index is 2.34. The average Bonchev–Trinajstić information content (AvgIpc) is 2.66. The Morgan fingerprint density at radius 2 is 1.17 bits per heavy atom. The molecule has 0 nitrogen and oxygen atoms in total. The summed E-state index contributed by atoms with van der Waals surface area (Å²) in [6.45, 7) is 10.8. The van der Waals surface area contributed by atoms with Gasteiger partial charge >= 0.3 is 0 Å². The molecule has 2 aromatic carbocycles. The van der Waals surface area contributed by atoms with Crippen LogP contribution in [-0.2, 0) is 12.8 Å². The van der Waals surface area contributed by atoms with E-state index in [9.17, 15) is 0 Å². The van der Waals surface area contributed by atoms with Crippen molar-refractivity contribution in [2.45, 2.75) is 73.1 Å². The molecular formula is C24H38. The van der Waals surface area contributed by atoms with Gasteiger partial charge in [-0.25, -0.2) is 0 Å². The lowest BCUT2D eigenvalue weighted by molar-refractivity contribution is 0.496. The van der Waals surface area contributed by atoms with Crippen molar-refractivity contribution in [3.63, 3.8) is 0 Å². The normalized spacial score (nSPS) is 10.7. The van der Waals surface area contributed by atoms with Crippen LogP contribution < -0.4 is 0 Å². The molecule has 0 amide bonds. The summed E-state index contributed by atoms with van der Waals surface area (Å²) >= 11 is 0. The Bertz CT molecular complexity index is 458.